The van der Waals surface area contributed by atoms with Crippen LogP contribution in [0.1, 0.15) is 29.3 Å². The Kier molecular flexibility index (Phi) is 4.31. The first-order valence-electron chi connectivity index (χ1n) is 5.34. The van der Waals surface area contributed by atoms with Gasteiger partial charge in [-0.15, -0.1) is 0 Å². The van der Waals surface area contributed by atoms with E-state index in [4.69, 9.17) is 5.73 Å². The molecule has 0 fully saturated rings. The van der Waals surface area contributed by atoms with Crippen LogP contribution >= 0.6 is 0 Å². The third kappa shape index (κ3) is 3.55. The SMILES string of the molecule is Cc1ccc(C(=O)NCCC(C)N)cc1O. The predicted octanol–water partition coefficient (Wildman–Crippen LogP) is 1.17. The zero-order valence-corrected chi connectivity index (χ0v) is 9.66. The van der Waals surface area contributed by atoms with E-state index in [0.717, 1.165) is 12.0 Å². The van der Waals surface area contributed by atoms with Gasteiger partial charge in [-0.3, -0.25) is 4.79 Å². The lowest BCUT2D eigenvalue weighted by Crippen LogP contribution is -2.28. The van der Waals surface area contributed by atoms with E-state index in [1.165, 1.54) is 6.07 Å². The molecule has 0 saturated carbocycles. The molecule has 1 atom stereocenters. The molecule has 4 N–H and O–H groups in total. The van der Waals surface area contributed by atoms with Crippen LogP contribution in [0.4, 0.5) is 0 Å². The van der Waals surface area contributed by atoms with Gasteiger partial charge in [-0.05, 0) is 38.0 Å². The first-order chi connectivity index (χ1) is 7.50. The van der Waals surface area contributed by atoms with Gasteiger partial charge < -0.3 is 16.2 Å². The van der Waals surface area contributed by atoms with Gasteiger partial charge in [0.15, 0.2) is 0 Å². The fourth-order valence-electron chi connectivity index (χ4n) is 1.27. The highest BCUT2D eigenvalue weighted by atomic mass is 16.3. The number of amides is 1. The van der Waals surface area contributed by atoms with E-state index < -0.39 is 0 Å². The third-order valence-corrected chi connectivity index (χ3v) is 2.36. The number of nitrogens with one attached hydrogen (secondary N) is 1. The highest BCUT2D eigenvalue weighted by molar-refractivity contribution is 5.94. The Bertz CT molecular complexity index is 375. The lowest BCUT2D eigenvalue weighted by molar-refractivity contribution is 0.0952. The molecule has 4 heteroatoms. The van der Waals surface area contributed by atoms with Crippen molar-refractivity contribution in [1.29, 1.82) is 0 Å². The molecule has 0 spiro atoms. The largest absolute Gasteiger partial charge is 0.508 e. The molecule has 88 valence electrons. The number of carbonyl (C=O) groups is 1. The molecule has 1 aromatic rings. The smallest absolute Gasteiger partial charge is 0.251 e. The van der Waals surface area contributed by atoms with Gasteiger partial charge in [0.05, 0.1) is 0 Å². The van der Waals surface area contributed by atoms with E-state index in [9.17, 15) is 9.90 Å². The first kappa shape index (κ1) is 12.5. The summed E-state index contributed by atoms with van der Waals surface area (Å²) in [4.78, 5) is 11.6. The maximum absolute atomic E-state index is 11.6. The van der Waals surface area contributed by atoms with Crippen LogP contribution in [0.2, 0.25) is 0 Å². The van der Waals surface area contributed by atoms with Crippen LogP contribution in [-0.4, -0.2) is 23.6 Å². The van der Waals surface area contributed by atoms with Crippen molar-refractivity contribution in [1.82, 2.24) is 5.32 Å². The summed E-state index contributed by atoms with van der Waals surface area (Å²) in [6, 6.07) is 4.95. The standard InChI is InChI=1S/C12H18N2O2/c1-8-3-4-10(7-11(8)15)12(16)14-6-5-9(2)13/h3-4,7,9,15H,5-6,13H2,1-2H3,(H,14,16). The summed E-state index contributed by atoms with van der Waals surface area (Å²) in [5.41, 5.74) is 6.79. The second-order valence-electron chi connectivity index (χ2n) is 4.02. The summed E-state index contributed by atoms with van der Waals surface area (Å²) in [6.07, 6.45) is 0.740. The zero-order chi connectivity index (χ0) is 12.1. The van der Waals surface area contributed by atoms with E-state index in [0.29, 0.717) is 12.1 Å². The topological polar surface area (TPSA) is 75.4 Å². The third-order valence-electron chi connectivity index (χ3n) is 2.36. The molecule has 0 saturated heterocycles. The summed E-state index contributed by atoms with van der Waals surface area (Å²) in [6.45, 7) is 4.22. The molecule has 0 aliphatic rings. The Balaban J connectivity index is 2.56. The lowest BCUT2D eigenvalue weighted by atomic mass is 10.1. The molecule has 0 aromatic heterocycles. The Labute approximate surface area is 95.5 Å². The number of nitrogens with two attached hydrogens (primary N) is 1. The maximum atomic E-state index is 11.6. The number of rotatable bonds is 4. The van der Waals surface area contributed by atoms with Crippen molar-refractivity contribution >= 4 is 5.91 Å². The van der Waals surface area contributed by atoms with Gasteiger partial charge in [-0.25, -0.2) is 0 Å². The summed E-state index contributed by atoms with van der Waals surface area (Å²) < 4.78 is 0. The fraction of sp³-hybridized carbons (Fsp3) is 0.417. The second-order valence-corrected chi connectivity index (χ2v) is 4.02. The Morgan fingerprint density at radius 2 is 2.25 bits per heavy atom. The number of hydrogen-bond acceptors (Lipinski definition) is 3. The van der Waals surface area contributed by atoms with Gasteiger partial charge in [0.1, 0.15) is 5.75 Å². The molecule has 1 unspecified atom stereocenters. The average Bonchev–Trinajstić information content (AvgIpc) is 2.21. The minimum atomic E-state index is -0.184. The number of benzene rings is 1. The average molecular weight is 222 g/mol. The van der Waals surface area contributed by atoms with Crippen molar-refractivity contribution in [3.05, 3.63) is 29.3 Å². The first-order valence-corrected chi connectivity index (χ1v) is 5.34. The number of aromatic hydroxyl groups is 1. The number of aryl methyl sites for hydroxylation is 1. The van der Waals surface area contributed by atoms with Crippen LogP contribution in [0.15, 0.2) is 18.2 Å². The van der Waals surface area contributed by atoms with E-state index >= 15 is 0 Å². The molecule has 0 heterocycles. The van der Waals surface area contributed by atoms with Gasteiger partial charge in [0.2, 0.25) is 0 Å². The predicted molar refractivity (Wildman–Crippen MR) is 63.4 cm³/mol. The molecule has 0 aliphatic heterocycles. The normalized spacial score (nSPS) is 12.2. The van der Waals surface area contributed by atoms with E-state index in [1.54, 1.807) is 19.1 Å². The monoisotopic (exact) mass is 222 g/mol. The molecule has 1 amide bonds. The molecule has 4 nitrogen and oxygen atoms in total. The van der Waals surface area contributed by atoms with Crippen LogP contribution in [0.25, 0.3) is 0 Å². The van der Waals surface area contributed by atoms with Crippen LogP contribution in [0.5, 0.6) is 5.75 Å². The quantitative estimate of drug-likeness (QED) is 0.715. The highest BCUT2D eigenvalue weighted by Crippen LogP contribution is 2.17. The van der Waals surface area contributed by atoms with Crippen LogP contribution in [-0.2, 0) is 0 Å². The van der Waals surface area contributed by atoms with Crippen molar-refractivity contribution in [2.45, 2.75) is 26.3 Å². The Morgan fingerprint density at radius 1 is 1.56 bits per heavy atom. The molecular formula is C12H18N2O2. The van der Waals surface area contributed by atoms with Gasteiger partial charge in [0.25, 0.3) is 5.91 Å². The maximum Gasteiger partial charge on any atom is 0.251 e. The van der Waals surface area contributed by atoms with Gasteiger partial charge >= 0.3 is 0 Å². The minimum absolute atomic E-state index is 0.0757. The molecule has 0 radical (unpaired) electrons. The van der Waals surface area contributed by atoms with Crippen molar-refractivity contribution in [2.24, 2.45) is 5.73 Å². The number of hydrogen-bond donors (Lipinski definition) is 3. The summed E-state index contributed by atoms with van der Waals surface area (Å²) in [5.74, 6) is -0.0456. The Hall–Kier alpha value is -1.55. The van der Waals surface area contributed by atoms with E-state index in [-0.39, 0.29) is 17.7 Å². The van der Waals surface area contributed by atoms with Gasteiger partial charge in [-0.1, -0.05) is 6.07 Å². The zero-order valence-electron chi connectivity index (χ0n) is 9.66. The summed E-state index contributed by atoms with van der Waals surface area (Å²) >= 11 is 0. The Morgan fingerprint density at radius 3 is 2.81 bits per heavy atom. The van der Waals surface area contributed by atoms with Crippen molar-refractivity contribution < 1.29 is 9.90 Å². The molecular weight excluding hydrogens is 204 g/mol. The minimum Gasteiger partial charge on any atom is -0.508 e. The summed E-state index contributed by atoms with van der Waals surface area (Å²) in [7, 11) is 0. The lowest BCUT2D eigenvalue weighted by Gasteiger charge is -2.08. The van der Waals surface area contributed by atoms with Crippen molar-refractivity contribution in [2.75, 3.05) is 6.54 Å². The van der Waals surface area contributed by atoms with Crippen molar-refractivity contribution in [3.8, 4) is 5.75 Å². The second kappa shape index (κ2) is 5.51. The molecule has 1 aromatic carbocycles. The van der Waals surface area contributed by atoms with E-state index in [2.05, 4.69) is 5.32 Å². The van der Waals surface area contributed by atoms with Gasteiger partial charge in [-0.2, -0.15) is 0 Å². The van der Waals surface area contributed by atoms with Crippen LogP contribution in [0, 0.1) is 6.92 Å². The van der Waals surface area contributed by atoms with E-state index in [1.807, 2.05) is 6.92 Å². The highest BCUT2D eigenvalue weighted by Gasteiger charge is 2.07. The molecule has 0 bridgehead atoms. The van der Waals surface area contributed by atoms with Gasteiger partial charge in [0, 0.05) is 18.2 Å². The molecule has 16 heavy (non-hydrogen) atoms. The van der Waals surface area contributed by atoms with Crippen molar-refractivity contribution in [3.63, 3.8) is 0 Å². The number of phenols is 1. The van der Waals surface area contributed by atoms with Crippen LogP contribution < -0.4 is 11.1 Å². The molecule has 1 rings (SSSR count). The number of carbonyl (C=O) groups excluding carboxylic acids is 1. The van der Waals surface area contributed by atoms with Crippen LogP contribution in [0.3, 0.4) is 0 Å². The fourth-order valence-corrected chi connectivity index (χ4v) is 1.27. The summed E-state index contributed by atoms with van der Waals surface area (Å²) in [5, 5.41) is 12.2. The molecule has 0 aliphatic carbocycles. The number of phenolic OH excluding ortho intramolecular Hbond substituents is 1.